The summed E-state index contributed by atoms with van der Waals surface area (Å²) in [6.45, 7) is 0. The number of nitrogen functional groups attached to an aromatic ring is 1. The van der Waals surface area contributed by atoms with Gasteiger partial charge in [-0.25, -0.2) is 4.79 Å². The Hall–Kier alpha value is -1.91. The van der Waals surface area contributed by atoms with Crippen LogP contribution in [0.1, 0.15) is 0 Å². The Kier molecular flexibility index (Phi) is 4.14. The number of anilines is 3. The van der Waals surface area contributed by atoms with Gasteiger partial charge in [0.1, 0.15) is 0 Å². The van der Waals surface area contributed by atoms with Crippen LogP contribution in [-0.4, -0.2) is 6.03 Å². The third kappa shape index (κ3) is 3.77. The lowest BCUT2D eigenvalue weighted by Crippen LogP contribution is -2.20. The molecule has 4 N–H and O–H groups in total. The second-order valence-corrected chi connectivity index (χ2v) is 4.70. The lowest BCUT2D eigenvalue weighted by atomic mass is 10.3. The molecule has 0 aromatic heterocycles. The molecule has 6 heteroatoms. The summed E-state index contributed by atoms with van der Waals surface area (Å²) in [7, 11) is 0. The number of carbonyl (C=O) groups is 1. The molecule has 0 aliphatic heterocycles. The number of nitrogens with two attached hydrogens (primary N) is 1. The van der Waals surface area contributed by atoms with Gasteiger partial charge in [-0.15, -0.1) is 0 Å². The van der Waals surface area contributed by atoms with Crippen LogP contribution >= 0.6 is 23.2 Å². The number of hydrogen-bond acceptors (Lipinski definition) is 2. The zero-order valence-electron chi connectivity index (χ0n) is 9.78. The molecular weight excluding hydrogens is 285 g/mol. The topological polar surface area (TPSA) is 67.1 Å². The Bertz CT molecular complexity index is 596. The summed E-state index contributed by atoms with van der Waals surface area (Å²) in [5.74, 6) is 0. The van der Waals surface area contributed by atoms with E-state index in [9.17, 15) is 4.79 Å². The third-order valence-electron chi connectivity index (χ3n) is 2.33. The largest absolute Gasteiger partial charge is 0.397 e. The first-order chi connectivity index (χ1) is 9.04. The van der Waals surface area contributed by atoms with Gasteiger partial charge in [0.25, 0.3) is 0 Å². The Balaban J connectivity index is 2.07. The molecule has 2 amide bonds. The molecule has 2 rings (SSSR count). The number of hydrogen-bond donors (Lipinski definition) is 3. The van der Waals surface area contributed by atoms with Crippen LogP contribution in [0.3, 0.4) is 0 Å². The van der Waals surface area contributed by atoms with Gasteiger partial charge in [-0.1, -0.05) is 35.3 Å². The minimum absolute atomic E-state index is 0.420. The van der Waals surface area contributed by atoms with Gasteiger partial charge >= 0.3 is 6.03 Å². The molecule has 2 aromatic carbocycles. The lowest BCUT2D eigenvalue weighted by molar-refractivity contribution is 0.262. The fraction of sp³-hybridized carbons (Fsp3) is 0. The van der Waals surface area contributed by atoms with Gasteiger partial charge in [0, 0.05) is 15.7 Å². The van der Waals surface area contributed by atoms with E-state index in [2.05, 4.69) is 10.6 Å². The van der Waals surface area contributed by atoms with E-state index in [0.717, 1.165) is 0 Å². The average Bonchev–Trinajstić information content (AvgIpc) is 2.30. The number of halogens is 2. The Morgan fingerprint density at radius 1 is 1.00 bits per heavy atom. The van der Waals surface area contributed by atoms with E-state index in [1.54, 1.807) is 42.5 Å². The molecule has 0 atom stereocenters. The Morgan fingerprint density at radius 2 is 1.63 bits per heavy atom. The maximum atomic E-state index is 11.8. The maximum absolute atomic E-state index is 11.8. The minimum Gasteiger partial charge on any atom is -0.397 e. The average molecular weight is 296 g/mol. The summed E-state index contributed by atoms with van der Waals surface area (Å²) in [6, 6.07) is 11.3. The number of carbonyl (C=O) groups excluding carboxylic acids is 1. The maximum Gasteiger partial charge on any atom is 0.323 e. The zero-order chi connectivity index (χ0) is 13.8. The van der Waals surface area contributed by atoms with Crippen LogP contribution < -0.4 is 16.4 Å². The monoisotopic (exact) mass is 295 g/mol. The molecule has 98 valence electrons. The van der Waals surface area contributed by atoms with E-state index >= 15 is 0 Å². The molecule has 19 heavy (non-hydrogen) atoms. The van der Waals surface area contributed by atoms with Crippen molar-refractivity contribution < 1.29 is 4.79 Å². The predicted molar refractivity (Wildman–Crippen MR) is 80.0 cm³/mol. The lowest BCUT2D eigenvalue weighted by Gasteiger charge is -2.10. The smallest absolute Gasteiger partial charge is 0.323 e. The van der Waals surface area contributed by atoms with E-state index in [0.29, 0.717) is 27.1 Å². The molecule has 0 bridgehead atoms. The van der Waals surface area contributed by atoms with E-state index in [1.807, 2.05) is 0 Å². The first-order valence-electron chi connectivity index (χ1n) is 5.43. The number of para-hydroxylation sites is 2. The molecule has 0 heterocycles. The normalized spacial score (nSPS) is 10.0. The zero-order valence-corrected chi connectivity index (χ0v) is 11.3. The van der Waals surface area contributed by atoms with Crippen molar-refractivity contribution in [3.8, 4) is 0 Å². The molecule has 0 saturated heterocycles. The SMILES string of the molecule is Nc1ccccc1NC(=O)Nc1cc(Cl)cc(Cl)c1. The predicted octanol–water partition coefficient (Wildman–Crippen LogP) is 4.22. The molecule has 0 spiro atoms. The first-order valence-corrected chi connectivity index (χ1v) is 6.19. The van der Waals surface area contributed by atoms with Crippen molar-refractivity contribution in [2.24, 2.45) is 0 Å². The first kappa shape index (κ1) is 13.5. The molecule has 0 unspecified atom stereocenters. The highest BCUT2D eigenvalue weighted by atomic mass is 35.5. The van der Waals surface area contributed by atoms with Crippen LogP contribution in [0.25, 0.3) is 0 Å². The molecule has 0 aliphatic carbocycles. The number of amides is 2. The van der Waals surface area contributed by atoms with E-state index < -0.39 is 6.03 Å². The van der Waals surface area contributed by atoms with Gasteiger partial charge in [-0.05, 0) is 30.3 Å². The molecule has 0 fully saturated rings. The van der Waals surface area contributed by atoms with Gasteiger partial charge in [-0.3, -0.25) is 0 Å². The van der Waals surface area contributed by atoms with E-state index in [1.165, 1.54) is 0 Å². The summed E-state index contributed by atoms with van der Waals surface area (Å²) in [6.07, 6.45) is 0. The van der Waals surface area contributed by atoms with Gasteiger partial charge in [0.05, 0.1) is 11.4 Å². The summed E-state index contributed by atoms with van der Waals surface area (Å²) in [4.78, 5) is 11.8. The second kappa shape index (κ2) is 5.82. The molecule has 0 saturated carbocycles. The van der Waals surface area contributed by atoms with Crippen molar-refractivity contribution in [2.45, 2.75) is 0 Å². The Morgan fingerprint density at radius 3 is 2.26 bits per heavy atom. The van der Waals surface area contributed by atoms with Crippen LogP contribution in [0.4, 0.5) is 21.9 Å². The van der Waals surface area contributed by atoms with Gasteiger partial charge in [0.2, 0.25) is 0 Å². The van der Waals surface area contributed by atoms with E-state index in [-0.39, 0.29) is 0 Å². The van der Waals surface area contributed by atoms with Gasteiger partial charge in [-0.2, -0.15) is 0 Å². The van der Waals surface area contributed by atoms with Crippen molar-refractivity contribution in [2.75, 3.05) is 16.4 Å². The highest BCUT2D eigenvalue weighted by molar-refractivity contribution is 6.35. The number of rotatable bonds is 2. The fourth-order valence-electron chi connectivity index (χ4n) is 1.52. The molecule has 2 aromatic rings. The molecular formula is C13H11Cl2N3O. The number of nitrogens with one attached hydrogen (secondary N) is 2. The van der Waals surface area contributed by atoms with Crippen LogP contribution in [0.5, 0.6) is 0 Å². The molecule has 4 nitrogen and oxygen atoms in total. The van der Waals surface area contributed by atoms with Crippen LogP contribution in [0, 0.1) is 0 Å². The van der Waals surface area contributed by atoms with Crippen molar-refractivity contribution >= 4 is 46.3 Å². The minimum atomic E-state index is -0.420. The number of benzene rings is 2. The van der Waals surface area contributed by atoms with Crippen LogP contribution in [0.15, 0.2) is 42.5 Å². The Labute approximate surface area is 120 Å². The second-order valence-electron chi connectivity index (χ2n) is 3.82. The highest BCUT2D eigenvalue weighted by Crippen LogP contribution is 2.23. The molecule has 0 radical (unpaired) electrons. The molecule has 0 aliphatic rings. The van der Waals surface area contributed by atoms with Crippen LogP contribution in [0.2, 0.25) is 10.0 Å². The third-order valence-corrected chi connectivity index (χ3v) is 2.77. The summed E-state index contributed by atoms with van der Waals surface area (Å²) in [5, 5.41) is 6.15. The van der Waals surface area contributed by atoms with E-state index in [4.69, 9.17) is 28.9 Å². The van der Waals surface area contributed by atoms with Crippen molar-refractivity contribution in [3.05, 3.63) is 52.5 Å². The van der Waals surface area contributed by atoms with Crippen molar-refractivity contribution in [3.63, 3.8) is 0 Å². The van der Waals surface area contributed by atoms with Gasteiger partial charge < -0.3 is 16.4 Å². The summed E-state index contributed by atoms with van der Waals surface area (Å²) in [5.41, 5.74) is 7.25. The van der Waals surface area contributed by atoms with Crippen molar-refractivity contribution in [1.29, 1.82) is 0 Å². The number of urea groups is 1. The van der Waals surface area contributed by atoms with Crippen molar-refractivity contribution in [1.82, 2.24) is 0 Å². The quantitative estimate of drug-likeness (QED) is 0.726. The summed E-state index contributed by atoms with van der Waals surface area (Å²) >= 11 is 11.7. The van der Waals surface area contributed by atoms with Crippen LogP contribution in [-0.2, 0) is 0 Å². The highest BCUT2D eigenvalue weighted by Gasteiger charge is 2.06. The van der Waals surface area contributed by atoms with Gasteiger partial charge in [0.15, 0.2) is 0 Å². The standard InChI is InChI=1S/C13H11Cl2N3O/c14-8-5-9(15)7-10(6-8)17-13(19)18-12-4-2-1-3-11(12)16/h1-7H,16H2,(H2,17,18,19). The fourth-order valence-corrected chi connectivity index (χ4v) is 2.05. The summed E-state index contributed by atoms with van der Waals surface area (Å²) < 4.78 is 0.